The second-order valence-corrected chi connectivity index (χ2v) is 10.7. The molecule has 6 rings (SSSR count). The van der Waals surface area contributed by atoms with Crippen molar-refractivity contribution in [2.75, 3.05) is 0 Å². The predicted molar refractivity (Wildman–Crippen MR) is 144 cm³/mol. The number of rotatable bonds is 5. The maximum atomic E-state index is 13.1. The third-order valence-corrected chi connectivity index (χ3v) is 8.07. The van der Waals surface area contributed by atoms with Crippen LogP contribution < -0.4 is 10.6 Å². The average molecular weight is 526 g/mol. The van der Waals surface area contributed by atoms with Gasteiger partial charge in [-0.2, -0.15) is 0 Å². The Balaban J connectivity index is 1.27. The first-order valence-electron chi connectivity index (χ1n) is 13.6. The molecule has 1 unspecified atom stereocenters. The highest BCUT2D eigenvalue weighted by Crippen LogP contribution is 2.35. The van der Waals surface area contributed by atoms with Crippen molar-refractivity contribution in [3.63, 3.8) is 0 Å². The minimum atomic E-state index is -0.654. The molecule has 4 amide bonds. The molecule has 2 aromatic carbocycles. The Labute approximate surface area is 226 Å². The number of hydrogen-bond acceptors (Lipinski definition) is 5. The van der Waals surface area contributed by atoms with Crippen LogP contribution in [0.25, 0.3) is 22.5 Å². The zero-order valence-electron chi connectivity index (χ0n) is 21.9. The van der Waals surface area contributed by atoms with Crippen LogP contribution in [0.4, 0.5) is 0 Å². The Morgan fingerprint density at radius 3 is 2.62 bits per heavy atom. The number of fused-ring (bicyclic) bond motifs is 1. The molecule has 0 bridgehead atoms. The molecule has 1 saturated heterocycles. The number of benzene rings is 2. The maximum Gasteiger partial charge on any atom is 0.255 e. The van der Waals surface area contributed by atoms with E-state index < -0.39 is 11.9 Å². The summed E-state index contributed by atoms with van der Waals surface area (Å²) in [4.78, 5) is 56.3. The van der Waals surface area contributed by atoms with Gasteiger partial charge in [-0.3, -0.25) is 24.5 Å². The van der Waals surface area contributed by atoms with Gasteiger partial charge < -0.3 is 14.8 Å². The first kappa shape index (κ1) is 25.0. The van der Waals surface area contributed by atoms with Gasteiger partial charge in [-0.25, -0.2) is 4.98 Å². The molecule has 2 aliphatic heterocycles. The smallest absolute Gasteiger partial charge is 0.255 e. The molecule has 1 atom stereocenters. The number of amides is 4. The lowest BCUT2D eigenvalue weighted by atomic mass is 9.95. The molecule has 1 aromatic heterocycles. The zero-order chi connectivity index (χ0) is 27.1. The van der Waals surface area contributed by atoms with Gasteiger partial charge in [0.25, 0.3) is 11.8 Å². The number of nitrogens with zero attached hydrogens (tertiary/aromatic N) is 3. The van der Waals surface area contributed by atoms with E-state index in [1.807, 2.05) is 48.0 Å². The molecule has 1 aliphatic carbocycles. The van der Waals surface area contributed by atoms with Crippen molar-refractivity contribution in [3.8, 4) is 22.5 Å². The van der Waals surface area contributed by atoms with E-state index in [2.05, 4.69) is 15.6 Å². The standard InChI is InChI=1S/C30H31N5O4/c1-34-17-31-26(27(34)19-6-5-7-20(15-19)28(37)32-22-8-3-2-4-9-22)18-10-11-23-21(14-18)16-35(30(23)39)24-12-13-25(36)33-29(24)38/h5-7,10-11,14-15,17,22,24H,2-4,8-9,12-13,16H2,1H3,(H,32,37)(H,33,36,38). The number of imidazole rings is 1. The summed E-state index contributed by atoms with van der Waals surface area (Å²) in [6.07, 6.45) is 7.88. The average Bonchev–Trinajstić information content (AvgIpc) is 3.48. The number of piperidine rings is 1. The lowest BCUT2D eigenvalue weighted by Crippen LogP contribution is -2.52. The Morgan fingerprint density at radius 1 is 1.00 bits per heavy atom. The van der Waals surface area contributed by atoms with Crippen molar-refractivity contribution in [2.24, 2.45) is 7.05 Å². The van der Waals surface area contributed by atoms with Crippen molar-refractivity contribution in [1.82, 2.24) is 25.1 Å². The van der Waals surface area contributed by atoms with E-state index >= 15 is 0 Å². The molecule has 3 heterocycles. The van der Waals surface area contributed by atoms with Crippen LogP contribution in [0.3, 0.4) is 0 Å². The van der Waals surface area contributed by atoms with Crippen molar-refractivity contribution in [2.45, 2.75) is 63.6 Å². The summed E-state index contributed by atoms with van der Waals surface area (Å²) < 4.78 is 1.93. The molecule has 9 nitrogen and oxygen atoms in total. The second-order valence-electron chi connectivity index (χ2n) is 10.7. The van der Waals surface area contributed by atoms with Crippen molar-refractivity contribution < 1.29 is 19.2 Å². The molecule has 2 fully saturated rings. The predicted octanol–water partition coefficient (Wildman–Crippen LogP) is 3.58. The molecule has 1 saturated carbocycles. The largest absolute Gasteiger partial charge is 0.349 e. The third kappa shape index (κ3) is 4.73. The number of imide groups is 1. The summed E-state index contributed by atoms with van der Waals surface area (Å²) in [5, 5.41) is 5.53. The Morgan fingerprint density at radius 2 is 1.82 bits per heavy atom. The fourth-order valence-corrected chi connectivity index (χ4v) is 6.03. The monoisotopic (exact) mass is 525 g/mol. The SMILES string of the molecule is Cn1cnc(-c2ccc3c(c2)CN(C2CCC(=O)NC2=O)C3=O)c1-c1cccc(C(=O)NC2CCCCC2)c1. The van der Waals surface area contributed by atoms with Crippen LogP contribution in [0.5, 0.6) is 0 Å². The van der Waals surface area contributed by atoms with Crippen LogP contribution in [0, 0.1) is 0 Å². The lowest BCUT2D eigenvalue weighted by Gasteiger charge is -2.29. The van der Waals surface area contributed by atoms with Gasteiger partial charge in [-0.15, -0.1) is 0 Å². The summed E-state index contributed by atoms with van der Waals surface area (Å²) in [6.45, 7) is 0.299. The quantitative estimate of drug-likeness (QED) is 0.495. The highest BCUT2D eigenvalue weighted by Gasteiger charge is 2.39. The Kier molecular flexibility index (Phi) is 6.50. The number of aromatic nitrogens is 2. The molecule has 0 spiro atoms. The van der Waals surface area contributed by atoms with Gasteiger partial charge >= 0.3 is 0 Å². The van der Waals surface area contributed by atoms with Crippen LogP contribution in [0.15, 0.2) is 48.8 Å². The molecule has 0 radical (unpaired) electrons. The van der Waals surface area contributed by atoms with Crippen LogP contribution in [0.2, 0.25) is 0 Å². The summed E-state index contributed by atoms with van der Waals surface area (Å²) in [6, 6.07) is 12.8. The van der Waals surface area contributed by atoms with E-state index in [1.54, 1.807) is 17.3 Å². The molecule has 9 heteroatoms. The number of hydrogen-bond donors (Lipinski definition) is 2. The van der Waals surface area contributed by atoms with Gasteiger partial charge in [0.2, 0.25) is 11.8 Å². The van der Waals surface area contributed by atoms with E-state index in [0.29, 0.717) is 24.1 Å². The zero-order valence-corrected chi connectivity index (χ0v) is 21.9. The number of carbonyl (C=O) groups is 4. The highest BCUT2D eigenvalue weighted by atomic mass is 16.2. The van der Waals surface area contributed by atoms with Crippen molar-refractivity contribution in [1.29, 1.82) is 0 Å². The van der Waals surface area contributed by atoms with Crippen LogP contribution in [-0.2, 0) is 23.2 Å². The molecule has 200 valence electrons. The first-order valence-corrected chi connectivity index (χ1v) is 13.6. The number of aryl methyl sites for hydroxylation is 1. The number of nitrogens with one attached hydrogen (secondary N) is 2. The minimum Gasteiger partial charge on any atom is -0.349 e. The van der Waals surface area contributed by atoms with E-state index in [0.717, 1.165) is 53.8 Å². The topological polar surface area (TPSA) is 113 Å². The van der Waals surface area contributed by atoms with Gasteiger partial charge in [0.05, 0.1) is 17.7 Å². The van der Waals surface area contributed by atoms with Crippen LogP contribution in [-0.4, -0.2) is 50.2 Å². The molecule has 3 aromatic rings. The molecular weight excluding hydrogens is 494 g/mol. The maximum absolute atomic E-state index is 13.1. The van der Waals surface area contributed by atoms with Crippen molar-refractivity contribution >= 4 is 23.6 Å². The first-order chi connectivity index (χ1) is 18.9. The molecule has 3 aliphatic rings. The minimum absolute atomic E-state index is 0.0583. The highest BCUT2D eigenvalue weighted by molar-refractivity contribution is 6.05. The van der Waals surface area contributed by atoms with E-state index in [9.17, 15) is 19.2 Å². The van der Waals surface area contributed by atoms with Crippen LogP contribution in [0.1, 0.15) is 71.2 Å². The second kappa shape index (κ2) is 10.1. The Bertz CT molecular complexity index is 1490. The van der Waals surface area contributed by atoms with Crippen LogP contribution >= 0.6 is 0 Å². The van der Waals surface area contributed by atoms with Gasteiger partial charge in [-0.1, -0.05) is 37.5 Å². The lowest BCUT2D eigenvalue weighted by molar-refractivity contribution is -0.136. The summed E-state index contributed by atoms with van der Waals surface area (Å²) in [5.74, 6) is -0.992. The van der Waals surface area contributed by atoms with Gasteiger partial charge in [0.15, 0.2) is 0 Å². The fourth-order valence-electron chi connectivity index (χ4n) is 6.03. The van der Waals surface area contributed by atoms with E-state index in [1.165, 1.54) is 6.42 Å². The van der Waals surface area contributed by atoms with Gasteiger partial charge in [-0.05, 0) is 49.1 Å². The normalized spacial score (nSPS) is 19.7. The van der Waals surface area contributed by atoms with Gasteiger partial charge in [0, 0.05) is 48.3 Å². The number of carbonyl (C=O) groups excluding carboxylic acids is 4. The van der Waals surface area contributed by atoms with Gasteiger partial charge in [0.1, 0.15) is 6.04 Å². The summed E-state index contributed by atoms with van der Waals surface area (Å²) in [5.41, 5.74) is 5.33. The third-order valence-electron chi connectivity index (χ3n) is 8.07. The molecular formula is C30H31N5O4. The van der Waals surface area contributed by atoms with E-state index in [-0.39, 0.29) is 30.2 Å². The summed E-state index contributed by atoms with van der Waals surface area (Å²) in [7, 11) is 1.92. The summed E-state index contributed by atoms with van der Waals surface area (Å²) >= 11 is 0. The molecule has 2 N–H and O–H groups in total. The Hall–Kier alpha value is -4.27. The van der Waals surface area contributed by atoms with E-state index in [4.69, 9.17) is 0 Å². The van der Waals surface area contributed by atoms with Crippen molar-refractivity contribution in [3.05, 3.63) is 65.5 Å². The molecule has 39 heavy (non-hydrogen) atoms. The fraction of sp³-hybridized carbons (Fsp3) is 0.367.